The Kier molecular flexibility index (Phi) is 5.60. The van der Waals surface area contributed by atoms with E-state index in [-0.39, 0.29) is 13.0 Å². The van der Waals surface area contributed by atoms with Gasteiger partial charge in [0.05, 0.1) is 0 Å². The molecule has 0 spiro atoms. The Labute approximate surface area is 111 Å². The number of hydrogen-bond donors (Lipinski definition) is 3. The molecule has 0 aliphatic heterocycles. The molecule has 7 heteroatoms. The molecule has 1 heterocycles. The molecule has 0 aliphatic rings. The average molecular weight is 318 g/mol. The van der Waals surface area contributed by atoms with Crippen LogP contribution in [0.2, 0.25) is 0 Å². The molecule has 0 saturated carbocycles. The molecule has 1 unspecified atom stereocenters. The molecule has 1 atom stereocenters. The minimum Gasteiger partial charge on any atom is -0.480 e. The number of amides is 1. The Morgan fingerprint density at radius 2 is 2.22 bits per heavy atom. The van der Waals surface area contributed by atoms with Crippen LogP contribution in [0.15, 0.2) is 27.3 Å². The van der Waals surface area contributed by atoms with Crippen molar-refractivity contribution in [3.05, 3.63) is 28.6 Å². The Balaban J connectivity index is 2.54. The summed E-state index contributed by atoms with van der Waals surface area (Å²) in [6.07, 6.45) is 2.54. The van der Waals surface area contributed by atoms with Crippen molar-refractivity contribution in [2.24, 2.45) is 0 Å². The van der Waals surface area contributed by atoms with Crippen molar-refractivity contribution in [1.82, 2.24) is 5.32 Å². The predicted octanol–water partition coefficient (Wildman–Crippen LogP) is 1.01. The first-order valence-corrected chi connectivity index (χ1v) is 5.90. The first kappa shape index (κ1) is 14.5. The molecule has 0 radical (unpaired) electrons. The van der Waals surface area contributed by atoms with Gasteiger partial charge in [-0.05, 0) is 34.1 Å². The van der Waals surface area contributed by atoms with Crippen molar-refractivity contribution in [3.8, 4) is 0 Å². The molecular formula is C11H12BrNO5. The highest BCUT2D eigenvalue weighted by atomic mass is 79.9. The van der Waals surface area contributed by atoms with E-state index in [1.165, 1.54) is 12.2 Å². The van der Waals surface area contributed by atoms with Crippen LogP contribution in [-0.2, 0) is 9.59 Å². The van der Waals surface area contributed by atoms with E-state index in [0.717, 1.165) is 0 Å². The van der Waals surface area contributed by atoms with Gasteiger partial charge in [0.15, 0.2) is 4.67 Å². The Bertz CT molecular complexity index is 454. The van der Waals surface area contributed by atoms with Gasteiger partial charge in [0.2, 0.25) is 5.91 Å². The number of nitrogens with one attached hydrogen (secondary N) is 1. The van der Waals surface area contributed by atoms with Gasteiger partial charge in [-0.15, -0.1) is 0 Å². The lowest BCUT2D eigenvalue weighted by Gasteiger charge is -2.10. The molecule has 6 nitrogen and oxygen atoms in total. The number of aliphatic carboxylic acids is 1. The van der Waals surface area contributed by atoms with E-state index in [2.05, 4.69) is 21.2 Å². The predicted molar refractivity (Wildman–Crippen MR) is 66.7 cm³/mol. The van der Waals surface area contributed by atoms with E-state index >= 15 is 0 Å². The van der Waals surface area contributed by atoms with E-state index in [4.69, 9.17) is 14.6 Å². The van der Waals surface area contributed by atoms with Gasteiger partial charge in [-0.2, -0.15) is 0 Å². The lowest BCUT2D eigenvalue weighted by molar-refractivity contribution is -0.141. The van der Waals surface area contributed by atoms with Crippen LogP contribution in [0.25, 0.3) is 6.08 Å². The number of carbonyl (C=O) groups excluding carboxylic acids is 1. The van der Waals surface area contributed by atoms with Gasteiger partial charge in [-0.25, -0.2) is 4.79 Å². The van der Waals surface area contributed by atoms with Crippen molar-refractivity contribution >= 4 is 33.9 Å². The molecule has 1 rings (SSSR count). The van der Waals surface area contributed by atoms with Gasteiger partial charge >= 0.3 is 5.97 Å². The minimum absolute atomic E-state index is 0.0405. The molecule has 18 heavy (non-hydrogen) atoms. The Morgan fingerprint density at radius 1 is 1.50 bits per heavy atom. The summed E-state index contributed by atoms with van der Waals surface area (Å²) in [5.41, 5.74) is 0. The molecule has 0 saturated heterocycles. The number of carboxylic acid groups (broad SMARTS) is 1. The second-order valence-electron chi connectivity index (χ2n) is 3.39. The Hall–Kier alpha value is -1.60. The highest BCUT2D eigenvalue weighted by Gasteiger charge is 2.17. The van der Waals surface area contributed by atoms with E-state index in [9.17, 15) is 9.59 Å². The third-order valence-electron chi connectivity index (χ3n) is 2.03. The number of rotatable bonds is 6. The molecule has 0 aromatic carbocycles. The number of hydrogen-bond acceptors (Lipinski definition) is 4. The lowest BCUT2D eigenvalue weighted by Crippen LogP contribution is -2.40. The normalized spacial score (nSPS) is 12.6. The summed E-state index contributed by atoms with van der Waals surface area (Å²) in [4.78, 5) is 22.1. The van der Waals surface area contributed by atoms with E-state index < -0.39 is 17.9 Å². The average Bonchev–Trinajstić information content (AvgIpc) is 2.72. The first-order valence-electron chi connectivity index (χ1n) is 5.10. The van der Waals surface area contributed by atoms with E-state index in [1.54, 1.807) is 12.1 Å². The first-order chi connectivity index (χ1) is 8.52. The van der Waals surface area contributed by atoms with Crippen molar-refractivity contribution < 1.29 is 24.2 Å². The van der Waals surface area contributed by atoms with Crippen LogP contribution < -0.4 is 5.32 Å². The zero-order valence-electron chi connectivity index (χ0n) is 9.30. The molecular weight excluding hydrogens is 306 g/mol. The molecule has 1 aromatic heterocycles. The second-order valence-corrected chi connectivity index (χ2v) is 4.17. The second kappa shape index (κ2) is 6.97. The molecule has 1 amide bonds. The largest absolute Gasteiger partial charge is 0.480 e. The molecule has 0 bridgehead atoms. The zero-order chi connectivity index (χ0) is 13.5. The fraction of sp³-hybridized carbons (Fsp3) is 0.273. The maximum atomic E-state index is 11.4. The number of carboxylic acids is 1. The van der Waals surface area contributed by atoms with Gasteiger partial charge in [-0.3, -0.25) is 4.79 Å². The number of aliphatic hydroxyl groups excluding tert-OH is 1. The van der Waals surface area contributed by atoms with Crippen LogP contribution in [0.3, 0.4) is 0 Å². The maximum Gasteiger partial charge on any atom is 0.326 e. The van der Waals surface area contributed by atoms with Gasteiger partial charge < -0.3 is 19.9 Å². The quantitative estimate of drug-likeness (QED) is 0.680. The number of carbonyl (C=O) groups is 2. The highest BCUT2D eigenvalue weighted by molar-refractivity contribution is 9.10. The van der Waals surface area contributed by atoms with Gasteiger partial charge in [0, 0.05) is 19.1 Å². The fourth-order valence-electron chi connectivity index (χ4n) is 1.18. The number of halogens is 1. The molecule has 1 aromatic rings. The van der Waals surface area contributed by atoms with Crippen LogP contribution in [0, 0.1) is 0 Å². The van der Waals surface area contributed by atoms with Crippen molar-refractivity contribution in [2.75, 3.05) is 6.61 Å². The van der Waals surface area contributed by atoms with Crippen molar-refractivity contribution in [3.63, 3.8) is 0 Å². The maximum absolute atomic E-state index is 11.4. The number of aliphatic hydroxyl groups is 1. The van der Waals surface area contributed by atoms with Crippen molar-refractivity contribution in [2.45, 2.75) is 12.5 Å². The fourth-order valence-corrected chi connectivity index (χ4v) is 1.50. The summed E-state index contributed by atoms with van der Waals surface area (Å²) >= 11 is 3.11. The summed E-state index contributed by atoms with van der Waals surface area (Å²) in [5, 5.41) is 19.7. The van der Waals surface area contributed by atoms with E-state index in [0.29, 0.717) is 10.4 Å². The summed E-state index contributed by atoms with van der Waals surface area (Å²) in [6.45, 7) is -0.313. The van der Waals surface area contributed by atoms with Crippen LogP contribution in [0.4, 0.5) is 0 Å². The smallest absolute Gasteiger partial charge is 0.326 e. The summed E-state index contributed by atoms with van der Waals surface area (Å²) in [6, 6.07) is 2.22. The van der Waals surface area contributed by atoms with Gasteiger partial charge in [0.1, 0.15) is 11.8 Å². The van der Waals surface area contributed by atoms with Crippen LogP contribution >= 0.6 is 15.9 Å². The van der Waals surface area contributed by atoms with Gasteiger partial charge in [0.25, 0.3) is 0 Å². The third-order valence-corrected chi connectivity index (χ3v) is 2.45. The van der Waals surface area contributed by atoms with E-state index in [1.807, 2.05) is 0 Å². The summed E-state index contributed by atoms with van der Waals surface area (Å²) < 4.78 is 5.66. The summed E-state index contributed by atoms with van der Waals surface area (Å²) in [7, 11) is 0. The Morgan fingerprint density at radius 3 is 2.72 bits per heavy atom. The van der Waals surface area contributed by atoms with Crippen molar-refractivity contribution in [1.29, 1.82) is 0 Å². The van der Waals surface area contributed by atoms with Crippen LogP contribution in [0.1, 0.15) is 12.2 Å². The topological polar surface area (TPSA) is 99.8 Å². The zero-order valence-corrected chi connectivity index (χ0v) is 10.9. The third kappa shape index (κ3) is 4.72. The molecule has 0 aliphatic carbocycles. The SMILES string of the molecule is O=C(C=Cc1ccc(Br)o1)NC(CCO)C(=O)O. The van der Waals surface area contributed by atoms with Crippen LogP contribution in [0.5, 0.6) is 0 Å². The standard InChI is InChI=1S/C11H12BrNO5/c12-9-3-1-7(18-9)2-4-10(15)13-8(5-6-14)11(16)17/h1-4,8,14H,5-6H2,(H,13,15)(H,16,17). The lowest BCUT2D eigenvalue weighted by atomic mass is 10.2. The monoisotopic (exact) mass is 317 g/mol. The van der Waals surface area contributed by atoms with Gasteiger partial charge in [-0.1, -0.05) is 0 Å². The molecule has 3 N–H and O–H groups in total. The molecule has 98 valence electrons. The molecule has 0 fully saturated rings. The highest BCUT2D eigenvalue weighted by Crippen LogP contribution is 2.14. The number of furan rings is 1. The summed E-state index contributed by atoms with van der Waals surface area (Å²) in [5.74, 6) is -1.29. The van der Waals surface area contributed by atoms with Crippen LogP contribution in [-0.4, -0.2) is 34.7 Å². The minimum atomic E-state index is -1.19.